The molecule has 4 heteroatoms. The Morgan fingerprint density at radius 3 is 1.19 bits per heavy atom. The van der Waals surface area contributed by atoms with E-state index < -0.39 is 0 Å². The first-order chi connectivity index (χ1) is 23.2. The number of benzene rings is 6. The first-order valence-corrected chi connectivity index (χ1v) is 15.7. The Morgan fingerprint density at radius 2 is 0.766 bits per heavy atom. The lowest BCUT2D eigenvalue weighted by molar-refractivity contribution is 0.547. The van der Waals surface area contributed by atoms with E-state index in [1.807, 2.05) is 97.1 Å². The van der Waals surface area contributed by atoms with E-state index in [-0.39, 0.29) is 0 Å². The summed E-state index contributed by atoms with van der Waals surface area (Å²) in [6, 6.07) is 57.5. The molecule has 0 aliphatic carbocycles. The fourth-order valence-electron chi connectivity index (χ4n) is 5.80. The van der Waals surface area contributed by atoms with Gasteiger partial charge in [-0.2, -0.15) is 0 Å². The van der Waals surface area contributed by atoms with Crippen LogP contribution < -0.4 is 11.1 Å². The molecule has 0 amide bonds. The second kappa shape index (κ2) is 12.6. The predicted octanol–water partition coefficient (Wildman–Crippen LogP) is 10.6. The molecule has 4 nitrogen and oxygen atoms in total. The molecule has 0 fully saturated rings. The molecule has 8 aromatic rings. The number of hydrogen-bond donors (Lipinski definition) is 0. The summed E-state index contributed by atoms with van der Waals surface area (Å²) in [6.45, 7) is 0. The number of para-hydroxylation sites is 2. The van der Waals surface area contributed by atoms with Gasteiger partial charge in [-0.05, 0) is 77.2 Å². The first kappa shape index (κ1) is 28.2. The Labute approximate surface area is 272 Å². The molecule has 0 N–H and O–H groups in total. The second-order valence-corrected chi connectivity index (χ2v) is 11.5. The fourth-order valence-corrected chi connectivity index (χ4v) is 5.80. The summed E-state index contributed by atoms with van der Waals surface area (Å²) in [7, 11) is 0. The zero-order chi connectivity index (χ0) is 31.4. The van der Waals surface area contributed by atoms with E-state index in [0.29, 0.717) is 11.1 Å². The third-order valence-corrected chi connectivity index (χ3v) is 8.22. The van der Waals surface area contributed by atoms with Crippen LogP contribution in [-0.2, 0) is 6.42 Å². The summed E-state index contributed by atoms with van der Waals surface area (Å²) >= 11 is 0. The topological polar surface area (TPSA) is 51.0 Å². The van der Waals surface area contributed by atoms with Crippen LogP contribution in [0.25, 0.3) is 44.2 Å². The number of nitrogens with zero attached hydrogens (tertiary/aromatic N) is 2. The Kier molecular flexibility index (Phi) is 7.58. The molecule has 6 aromatic carbocycles. The van der Waals surface area contributed by atoms with Gasteiger partial charge in [0.2, 0.25) is 11.1 Å². The molecule has 2 aromatic heterocycles. The van der Waals surface area contributed by atoms with Crippen LogP contribution >= 0.6 is 0 Å². The van der Waals surface area contributed by atoms with E-state index in [4.69, 9.17) is 18.8 Å². The summed E-state index contributed by atoms with van der Waals surface area (Å²) in [4.78, 5) is 9.85. The van der Waals surface area contributed by atoms with Crippen molar-refractivity contribution in [1.82, 2.24) is 0 Å². The van der Waals surface area contributed by atoms with Crippen molar-refractivity contribution in [3.8, 4) is 22.3 Å². The van der Waals surface area contributed by atoms with Crippen LogP contribution in [0, 0.1) is 0 Å². The van der Waals surface area contributed by atoms with Crippen molar-refractivity contribution in [1.29, 1.82) is 0 Å². The first-order valence-electron chi connectivity index (χ1n) is 15.7. The van der Waals surface area contributed by atoms with Crippen LogP contribution in [0.1, 0.15) is 11.1 Å². The summed E-state index contributed by atoms with van der Waals surface area (Å²) in [5, 5.41) is 2.09. The molecule has 8 rings (SSSR count). The molecule has 0 saturated carbocycles. The molecule has 0 bridgehead atoms. The van der Waals surface area contributed by atoms with Crippen LogP contribution in [0.4, 0.5) is 11.4 Å². The Morgan fingerprint density at radius 1 is 0.383 bits per heavy atom. The van der Waals surface area contributed by atoms with E-state index >= 15 is 0 Å². The maximum absolute atomic E-state index is 6.30. The molecular formula is C43H30N2O2. The maximum atomic E-state index is 6.30. The van der Waals surface area contributed by atoms with Gasteiger partial charge in [-0.1, -0.05) is 121 Å². The number of hydrogen-bond acceptors (Lipinski definition) is 4. The highest BCUT2D eigenvalue weighted by Gasteiger charge is 2.08. The predicted molar refractivity (Wildman–Crippen MR) is 189 cm³/mol. The van der Waals surface area contributed by atoms with E-state index in [1.54, 1.807) is 0 Å². The lowest BCUT2D eigenvalue weighted by atomic mass is 10.0. The van der Waals surface area contributed by atoms with Gasteiger partial charge in [-0.3, -0.25) is 0 Å². The molecule has 224 valence electrons. The summed E-state index contributed by atoms with van der Waals surface area (Å²) < 4.78 is 12.6. The molecule has 2 heterocycles. The molecule has 0 atom stereocenters. The van der Waals surface area contributed by atoms with Gasteiger partial charge in [0.05, 0.1) is 11.4 Å². The van der Waals surface area contributed by atoms with Crippen LogP contribution in [0.15, 0.2) is 189 Å². The minimum absolute atomic E-state index is 0.593. The third-order valence-electron chi connectivity index (χ3n) is 8.22. The van der Waals surface area contributed by atoms with E-state index in [1.165, 1.54) is 11.1 Å². The Hall–Kier alpha value is -6.26. The van der Waals surface area contributed by atoms with E-state index in [9.17, 15) is 0 Å². The van der Waals surface area contributed by atoms with Gasteiger partial charge in [-0.15, -0.1) is 0 Å². The van der Waals surface area contributed by atoms with Crippen LogP contribution in [-0.4, -0.2) is 0 Å². The van der Waals surface area contributed by atoms with Crippen molar-refractivity contribution in [3.05, 3.63) is 192 Å². The lowest BCUT2D eigenvalue weighted by Crippen LogP contribution is -2.05. The van der Waals surface area contributed by atoms with Crippen LogP contribution in [0.5, 0.6) is 0 Å². The highest BCUT2D eigenvalue weighted by Crippen LogP contribution is 2.25. The fraction of sp³-hybridized carbons (Fsp3) is 0.0233. The summed E-state index contributed by atoms with van der Waals surface area (Å²) in [6.07, 6.45) is 0.797. The van der Waals surface area contributed by atoms with Crippen LogP contribution in [0.3, 0.4) is 0 Å². The zero-order valence-corrected chi connectivity index (χ0v) is 25.6. The normalized spacial score (nSPS) is 12.2. The minimum Gasteiger partial charge on any atom is -0.438 e. The highest BCUT2D eigenvalue weighted by molar-refractivity contribution is 5.82. The monoisotopic (exact) mass is 606 g/mol. The molecule has 0 radical (unpaired) electrons. The molecule has 0 aliphatic heterocycles. The van der Waals surface area contributed by atoms with Crippen molar-refractivity contribution in [2.24, 2.45) is 9.98 Å². The standard InChI is InChI=1S/C43H30N2O2/c1-3-11-32(12-4-1)38-28-34-15-7-9-17-40(34)46-42(38)44-36-23-19-30(20-24-36)27-31-21-25-37(26-22-31)45-43-39(33-13-5-2-6-14-33)29-35-16-8-10-18-41(35)47-43/h1-26,28-29H,27H2. The van der Waals surface area contributed by atoms with Gasteiger partial charge in [-0.25, -0.2) is 9.98 Å². The average molecular weight is 607 g/mol. The Bertz CT molecular complexity index is 2280. The molecular weight excluding hydrogens is 576 g/mol. The number of rotatable bonds is 6. The largest absolute Gasteiger partial charge is 0.438 e. The molecule has 0 aliphatic rings. The molecule has 0 saturated heterocycles. The van der Waals surface area contributed by atoms with Gasteiger partial charge < -0.3 is 8.83 Å². The van der Waals surface area contributed by atoms with E-state index in [0.717, 1.165) is 62.0 Å². The average Bonchev–Trinajstić information content (AvgIpc) is 3.13. The smallest absolute Gasteiger partial charge is 0.227 e. The van der Waals surface area contributed by atoms with Crippen molar-refractivity contribution in [2.75, 3.05) is 0 Å². The minimum atomic E-state index is 0.593. The van der Waals surface area contributed by atoms with Gasteiger partial charge in [0.1, 0.15) is 11.2 Å². The SMILES string of the molecule is c1ccc(-c2cc3ccccc3oc2=Nc2ccc(Cc3ccc(N=c4oc5ccccc5cc4-c4ccccc4)cc3)cc2)cc1. The molecule has 0 spiro atoms. The zero-order valence-electron chi connectivity index (χ0n) is 25.6. The van der Waals surface area contributed by atoms with Crippen LogP contribution in [0.2, 0.25) is 0 Å². The maximum Gasteiger partial charge on any atom is 0.227 e. The highest BCUT2D eigenvalue weighted by atomic mass is 16.3. The molecule has 47 heavy (non-hydrogen) atoms. The summed E-state index contributed by atoms with van der Waals surface area (Å²) in [5.41, 5.74) is 10.9. The third kappa shape index (κ3) is 6.18. The van der Waals surface area contributed by atoms with Crippen molar-refractivity contribution in [3.63, 3.8) is 0 Å². The Balaban J connectivity index is 1.06. The van der Waals surface area contributed by atoms with Gasteiger partial charge in [0.15, 0.2) is 0 Å². The second-order valence-electron chi connectivity index (χ2n) is 11.5. The van der Waals surface area contributed by atoms with E-state index in [2.05, 4.69) is 72.8 Å². The van der Waals surface area contributed by atoms with Gasteiger partial charge in [0, 0.05) is 21.9 Å². The van der Waals surface area contributed by atoms with Gasteiger partial charge >= 0.3 is 0 Å². The summed E-state index contributed by atoms with van der Waals surface area (Å²) in [5.74, 6) is 0. The number of fused-ring (bicyclic) bond motifs is 2. The van der Waals surface area contributed by atoms with Crippen molar-refractivity contribution < 1.29 is 8.83 Å². The molecule has 0 unspecified atom stereocenters. The van der Waals surface area contributed by atoms with Crippen molar-refractivity contribution >= 4 is 33.3 Å². The van der Waals surface area contributed by atoms with Crippen molar-refractivity contribution in [2.45, 2.75) is 6.42 Å². The van der Waals surface area contributed by atoms with Gasteiger partial charge in [0.25, 0.3) is 0 Å². The quantitative estimate of drug-likeness (QED) is 0.189. The lowest BCUT2D eigenvalue weighted by Gasteiger charge is -2.06.